The lowest BCUT2D eigenvalue weighted by Crippen LogP contribution is -2.26. The Morgan fingerprint density at radius 1 is 0.231 bits per heavy atom. The number of rotatable bonds is 9. The molecular formula is C76H54N2. The van der Waals surface area contributed by atoms with Crippen molar-refractivity contribution in [3.05, 3.63) is 325 Å². The minimum Gasteiger partial charge on any atom is -0.310 e. The van der Waals surface area contributed by atoms with Gasteiger partial charge in [-0.25, -0.2) is 0 Å². The summed E-state index contributed by atoms with van der Waals surface area (Å²) in [7, 11) is 0. The Morgan fingerprint density at radius 3 is 1.09 bits per heavy atom. The van der Waals surface area contributed by atoms with Crippen molar-refractivity contribution in [3.8, 4) is 66.8 Å². The number of anilines is 6. The molecule has 2 nitrogen and oxygen atoms in total. The van der Waals surface area contributed by atoms with Gasteiger partial charge in [0.1, 0.15) is 0 Å². The second-order valence-electron chi connectivity index (χ2n) is 21.5. The van der Waals surface area contributed by atoms with Crippen molar-refractivity contribution >= 4 is 34.1 Å². The van der Waals surface area contributed by atoms with Gasteiger partial charge in [0.25, 0.3) is 0 Å². The van der Waals surface area contributed by atoms with Crippen LogP contribution in [0.2, 0.25) is 0 Å². The van der Waals surface area contributed by atoms with Crippen LogP contribution in [0.1, 0.15) is 47.2 Å². The number of hydrogen-bond acceptors (Lipinski definition) is 2. The average molecular weight is 995 g/mol. The average Bonchev–Trinajstić information content (AvgIpc) is 4.28. The molecule has 2 heteroatoms. The largest absolute Gasteiger partial charge is 0.310 e. The zero-order chi connectivity index (χ0) is 52.0. The zero-order valence-corrected chi connectivity index (χ0v) is 43.6. The summed E-state index contributed by atoms with van der Waals surface area (Å²) in [5.41, 5.74) is 28.4. The molecule has 1 spiro atoms. The first-order valence-corrected chi connectivity index (χ1v) is 27.3. The molecule has 0 fully saturated rings. The lowest BCUT2D eigenvalue weighted by Gasteiger charge is -2.34. The highest BCUT2D eigenvalue weighted by molar-refractivity contribution is 6.01. The maximum atomic E-state index is 2.54. The molecule has 0 heterocycles. The smallest absolute Gasteiger partial charge is 0.0727 e. The topological polar surface area (TPSA) is 6.48 Å². The molecule has 1 atom stereocenters. The van der Waals surface area contributed by atoms with Gasteiger partial charge < -0.3 is 9.80 Å². The van der Waals surface area contributed by atoms with Crippen molar-refractivity contribution < 1.29 is 0 Å². The van der Waals surface area contributed by atoms with E-state index >= 15 is 0 Å². The standard InChI is InChI=1S/C76H54N2/c1-75(2)67-38-19-15-33-61(67)64-45-42-55(48-70(64)75)77(73-41-22-18-32-58(73)51-24-7-3-8-25-51)56-43-46-65-62-34-16-20-39-68(62)76(71(65)49-56)69-40-21-17-35-63(69)66-47-44-57(50-72(66)76)78(54-30-13-6-14-31-54)74-59(52-26-9-4-10-27-52)36-23-37-60(74)53-28-11-5-12-29-53/h3-50H,1-2H3. The molecule has 0 amide bonds. The Morgan fingerprint density at radius 2 is 0.577 bits per heavy atom. The Kier molecular flexibility index (Phi) is 10.5. The van der Waals surface area contributed by atoms with E-state index in [2.05, 4.69) is 315 Å². The Hall–Kier alpha value is -9.76. The van der Waals surface area contributed by atoms with E-state index in [-0.39, 0.29) is 5.41 Å². The van der Waals surface area contributed by atoms with E-state index in [9.17, 15) is 0 Å². The molecule has 3 aliphatic rings. The monoisotopic (exact) mass is 994 g/mol. The summed E-state index contributed by atoms with van der Waals surface area (Å²) in [5.74, 6) is 0. The van der Waals surface area contributed by atoms with Crippen LogP contribution in [0.15, 0.2) is 291 Å². The highest BCUT2D eigenvalue weighted by Gasteiger charge is 2.52. The Balaban J connectivity index is 0.993. The Labute approximate surface area is 457 Å². The van der Waals surface area contributed by atoms with Gasteiger partial charge >= 0.3 is 0 Å². The molecule has 0 aliphatic heterocycles. The van der Waals surface area contributed by atoms with Crippen LogP contribution in [-0.4, -0.2) is 0 Å². The predicted octanol–water partition coefficient (Wildman–Crippen LogP) is 20.3. The highest BCUT2D eigenvalue weighted by atomic mass is 15.2. The normalized spacial score (nSPS) is 14.7. The molecule has 15 rings (SSSR count). The fourth-order valence-corrected chi connectivity index (χ4v) is 13.7. The molecule has 0 aromatic heterocycles. The molecule has 0 saturated heterocycles. The first-order chi connectivity index (χ1) is 38.5. The quantitative estimate of drug-likeness (QED) is 0.142. The fourth-order valence-electron chi connectivity index (χ4n) is 13.7. The van der Waals surface area contributed by atoms with Crippen LogP contribution in [-0.2, 0) is 10.8 Å². The van der Waals surface area contributed by atoms with Gasteiger partial charge in [0.05, 0.1) is 16.8 Å². The molecular weight excluding hydrogens is 941 g/mol. The number of fused-ring (bicyclic) bond motifs is 13. The SMILES string of the molecule is CC1(C)c2ccccc2-c2ccc(N(c3ccc4c(c3)C3(c5ccccc5-4)c4ccccc4-c4ccc(N(c5ccccc5)c5c(-c6ccccc6)cccc5-c5ccccc5)cc43)c3ccccc3-c3ccccc3)cc21. The summed E-state index contributed by atoms with van der Waals surface area (Å²) < 4.78 is 0. The van der Waals surface area contributed by atoms with Crippen LogP contribution < -0.4 is 9.80 Å². The Bertz CT molecular complexity index is 4220. The first-order valence-electron chi connectivity index (χ1n) is 27.3. The van der Waals surface area contributed by atoms with Gasteiger partial charge in [0.15, 0.2) is 0 Å². The molecule has 12 aromatic rings. The van der Waals surface area contributed by atoms with Crippen LogP contribution in [0.5, 0.6) is 0 Å². The molecule has 0 N–H and O–H groups in total. The minimum atomic E-state index is -0.653. The van der Waals surface area contributed by atoms with Crippen LogP contribution >= 0.6 is 0 Å². The molecule has 0 bridgehead atoms. The van der Waals surface area contributed by atoms with Crippen molar-refractivity contribution in [1.29, 1.82) is 0 Å². The lowest BCUT2D eigenvalue weighted by atomic mass is 9.70. The van der Waals surface area contributed by atoms with Gasteiger partial charge in [-0.1, -0.05) is 250 Å². The number of hydrogen-bond donors (Lipinski definition) is 0. The van der Waals surface area contributed by atoms with E-state index in [1.54, 1.807) is 0 Å². The summed E-state index contributed by atoms with van der Waals surface area (Å²) in [6.45, 7) is 4.76. The van der Waals surface area contributed by atoms with Gasteiger partial charge in [-0.2, -0.15) is 0 Å². The number of benzene rings is 12. The van der Waals surface area contributed by atoms with Crippen LogP contribution in [0.4, 0.5) is 34.1 Å². The minimum absolute atomic E-state index is 0.178. The lowest BCUT2D eigenvalue weighted by molar-refractivity contribution is 0.660. The van der Waals surface area contributed by atoms with Crippen molar-refractivity contribution in [2.75, 3.05) is 9.80 Å². The fraction of sp³-hybridized carbons (Fsp3) is 0.0526. The molecule has 3 aliphatic carbocycles. The van der Waals surface area contributed by atoms with E-state index in [1.165, 1.54) is 77.9 Å². The third kappa shape index (κ3) is 6.83. The molecule has 12 aromatic carbocycles. The third-order valence-corrected chi connectivity index (χ3v) is 17.1. The highest BCUT2D eigenvalue weighted by Crippen LogP contribution is 2.65. The number of nitrogens with zero attached hydrogens (tertiary/aromatic N) is 2. The maximum Gasteiger partial charge on any atom is 0.0727 e. The summed E-state index contributed by atoms with van der Waals surface area (Å²) >= 11 is 0. The van der Waals surface area contributed by atoms with E-state index in [4.69, 9.17) is 0 Å². The van der Waals surface area contributed by atoms with Gasteiger partial charge in [-0.3, -0.25) is 0 Å². The summed E-state index contributed by atoms with van der Waals surface area (Å²) in [4.78, 5) is 5.04. The summed E-state index contributed by atoms with van der Waals surface area (Å²) in [6, 6.07) is 108. The van der Waals surface area contributed by atoms with Crippen LogP contribution in [0, 0.1) is 0 Å². The van der Waals surface area contributed by atoms with E-state index < -0.39 is 5.41 Å². The molecule has 78 heavy (non-hydrogen) atoms. The van der Waals surface area contributed by atoms with Crippen LogP contribution in [0.25, 0.3) is 66.8 Å². The predicted molar refractivity (Wildman–Crippen MR) is 326 cm³/mol. The molecule has 0 saturated carbocycles. The van der Waals surface area contributed by atoms with Crippen molar-refractivity contribution in [2.24, 2.45) is 0 Å². The molecule has 1 unspecified atom stereocenters. The molecule has 0 radical (unpaired) electrons. The van der Waals surface area contributed by atoms with Crippen molar-refractivity contribution in [1.82, 2.24) is 0 Å². The van der Waals surface area contributed by atoms with Crippen LogP contribution in [0.3, 0.4) is 0 Å². The second kappa shape index (κ2) is 17.9. The van der Waals surface area contributed by atoms with Gasteiger partial charge in [-0.15, -0.1) is 0 Å². The van der Waals surface area contributed by atoms with Crippen molar-refractivity contribution in [2.45, 2.75) is 24.7 Å². The zero-order valence-electron chi connectivity index (χ0n) is 43.6. The van der Waals surface area contributed by atoms with E-state index in [1.807, 2.05) is 0 Å². The van der Waals surface area contributed by atoms with Gasteiger partial charge in [0.2, 0.25) is 0 Å². The maximum absolute atomic E-state index is 2.54. The third-order valence-electron chi connectivity index (χ3n) is 17.1. The number of para-hydroxylation sites is 3. The molecule has 368 valence electrons. The second-order valence-corrected chi connectivity index (χ2v) is 21.5. The van der Waals surface area contributed by atoms with Crippen molar-refractivity contribution in [3.63, 3.8) is 0 Å². The van der Waals surface area contributed by atoms with E-state index in [0.29, 0.717) is 0 Å². The summed E-state index contributed by atoms with van der Waals surface area (Å²) in [5, 5.41) is 0. The van der Waals surface area contributed by atoms with Gasteiger partial charge in [-0.05, 0) is 138 Å². The first kappa shape index (κ1) is 45.6. The van der Waals surface area contributed by atoms with Gasteiger partial charge in [0, 0.05) is 44.9 Å². The summed E-state index contributed by atoms with van der Waals surface area (Å²) in [6.07, 6.45) is 0. The van der Waals surface area contributed by atoms with E-state index in [0.717, 1.165) is 56.4 Å².